The highest BCUT2D eigenvalue weighted by Gasteiger charge is 2.30. The van der Waals surface area contributed by atoms with E-state index in [4.69, 9.17) is 9.84 Å². The Morgan fingerprint density at radius 1 is 1.41 bits per heavy atom. The van der Waals surface area contributed by atoms with Crippen LogP contribution in [0.1, 0.15) is 33.1 Å². The number of nitrogens with zero attached hydrogens (tertiary/aromatic N) is 1. The summed E-state index contributed by atoms with van der Waals surface area (Å²) in [5.74, 6) is 0.609. The molecule has 0 aromatic carbocycles. The quantitative estimate of drug-likeness (QED) is 0.773. The lowest BCUT2D eigenvalue weighted by Gasteiger charge is -2.39. The fraction of sp³-hybridized carbons (Fsp3) is 0.923. The normalized spacial score (nSPS) is 29.5. The molecule has 0 aromatic rings. The first-order valence-electron chi connectivity index (χ1n) is 6.49. The van der Waals surface area contributed by atoms with Gasteiger partial charge in [-0.05, 0) is 31.1 Å². The molecule has 4 heteroatoms. The van der Waals surface area contributed by atoms with Crippen molar-refractivity contribution in [3.63, 3.8) is 0 Å². The molecule has 3 atom stereocenters. The molecule has 0 spiro atoms. The summed E-state index contributed by atoms with van der Waals surface area (Å²) in [7, 11) is 1.66. The fourth-order valence-corrected chi connectivity index (χ4v) is 2.94. The van der Waals surface area contributed by atoms with Crippen LogP contribution in [0.4, 0.5) is 0 Å². The van der Waals surface area contributed by atoms with Gasteiger partial charge in [-0.25, -0.2) is 0 Å². The number of carboxylic acids is 1. The molecule has 0 amide bonds. The van der Waals surface area contributed by atoms with Crippen LogP contribution < -0.4 is 0 Å². The standard InChI is InChI=1S/C13H25NO3/c1-10-4-5-12(11(2)8-10)14(6-7-17-3)9-13(15)16/h10-12H,4-9H2,1-3H3,(H,15,16). The molecule has 100 valence electrons. The van der Waals surface area contributed by atoms with E-state index in [0.29, 0.717) is 25.1 Å². The number of hydrogen-bond acceptors (Lipinski definition) is 3. The Balaban J connectivity index is 2.57. The van der Waals surface area contributed by atoms with E-state index < -0.39 is 5.97 Å². The highest BCUT2D eigenvalue weighted by molar-refractivity contribution is 5.69. The van der Waals surface area contributed by atoms with Gasteiger partial charge in [0.1, 0.15) is 0 Å². The van der Waals surface area contributed by atoms with Crippen LogP contribution in [0.15, 0.2) is 0 Å². The SMILES string of the molecule is COCCN(CC(=O)O)C1CCC(C)CC1C. The highest BCUT2D eigenvalue weighted by Crippen LogP contribution is 2.31. The lowest BCUT2D eigenvalue weighted by Crippen LogP contribution is -2.46. The number of ether oxygens (including phenoxy) is 1. The molecule has 0 radical (unpaired) electrons. The molecule has 0 saturated heterocycles. The van der Waals surface area contributed by atoms with Crippen molar-refractivity contribution >= 4 is 5.97 Å². The average molecular weight is 243 g/mol. The number of carboxylic acid groups (broad SMARTS) is 1. The predicted molar refractivity (Wildman–Crippen MR) is 67.1 cm³/mol. The summed E-state index contributed by atoms with van der Waals surface area (Å²) in [6.07, 6.45) is 3.52. The van der Waals surface area contributed by atoms with Crippen LogP contribution in [-0.4, -0.2) is 48.8 Å². The van der Waals surface area contributed by atoms with E-state index in [0.717, 1.165) is 12.3 Å². The molecule has 0 aliphatic heterocycles. The summed E-state index contributed by atoms with van der Waals surface area (Å²) in [4.78, 5) is 13.0. The van der Waals surface area contributed by atoms with Crippen LogP contribution >= 0.6 is 0 Å². The summed E-state index contributed by atoms with van der Waals surface area (Å²) < 4.78 is 5.07. The van der Waals surface area contributed by atoms with Gasteiger partial charge in [-0.2, -0.15) is 0 Å². The first kappa shape index (κ1) is 14.5. The maximum absolute atomic E-state index is 10.9. The predicted octanol–water partition coefficient (Wildman–Crippen LogP) is 1.84. The van der Waals surface area contributed by atoms with Crippen molar-refractivity contribution in [2.24, 2.45) is 11.8 Å². The summed E-state index contributed by atoms with van der Waals surface area (Å²) in [5, 5.41) is 8.97. The molecule has 1 saturated carbocycles. The molecule has 17 heavy (non-hydrogen) atoms. The van der Waals surface area contributed by atoms with Crippen LogP contribution in [0, 0.1) is 11.8 Å². The number of methoxy groups -OCH3 is 1. The molecule has 1 aliphatic carbocycles. The largest absolute Gasteiger partial charge is 0.480 e. The fourth-order valence-electron chi connectivity index (χ4n) is 2.94. The van der Waals surface area contributed by atoms with E-state index in [-0.39, 0.29) is 6.54 Å². The minimum atomic E-state index is -0.744. The Bertz CT molecular complexity index is 245. The second-order valence-electron chi connectivity index (χ2n) is 5.32. The minimum Gasteiger partial charge on any atom is -0.480 e. The molecule has 4 nitrogen and oxygen atoms in total. The van der Waals surface area contributed by atoms with E-state index in [9.17, 15) is 4.79 Å². The van der Waals surface area contributed by atoms with Crippen LogP contribution in [0.5, 0.6) is 0 Å². The number of hydrogen-bond donors (Lipinski definition) is 1. The van der Waals surface area contributed by atoms with Crippen LogP contribution in [0.25, 0.3) is 0 Å². The summed E-state index contributed by atoms with van der Waals surface area (Å²) in [6.45, 7) is 5.97. The van der Waals surface area contributed by atoms with E-state index in [1.165, 1.54) is 12.8 Å². The first-order chi connectivity index (χ1) is 8.04. The van der Waals surface area contributed by atoms with E-state index in [1.54, 1.807) is 7.11 Å². The second kappa shape index (κ2) is 6.97. The Morgan fingerprint density at radius 2 is 2.12 bits per heavy atom. The van der Waals surface area contributed by atoms with Crippen LogP contribution in [-0.2, 0) is 9.53 Å². The smallest absolute Gasteiger partial charge is 0.317 e. The van der Waals surface area contributed by atoms with Gasteiger partial charge in [-0.3, -0.25) is 9.69 Å². The number of rotatable bonds is 6. The summed E-state index contributed by atoms with van der Waals surface area (Å²) in [5.41, 5.74) is 0. The number of aliphatic carboxylic acids is 1. The molecular weight excluding hydrogens is 218 g/mol. The van der Waals surface area contributed by atoms with Crippen LogP contribution in [0.2, 0.25) is 0 Å². The van der Waals surface area contributed by atoms with Gasteiger partial charge in [0.2, 0.25) is 0 Å². The van der Waals surface area contributed by atoms with Gasteiger partial charge in [0.05, 0.1) is 13.2 Å². The Labute approximate surface area is 104 Å². The van der Waals surface area contributed by atoms with Gasteiger partial charge in [0.25, 0.3) is 0 Å². The third kappa shape index (κ3) is 4.64. The lowest BCUT2D eigenvalue weighted by atomic mass is 9.79. The van der Waals surface area contributed by atoms with Crippen molar-refractivity contribution in [3.8, 4) is 0 Å². The first-order valence-corrected chi connectivity index (χ1v) is 6.49. The Morgan fingerprint density at radius 3 is 2.65 bits per heavy atom. The Hall–Kier alpha value is -0.610. The zero-order valence-corrected chi connectivity index (χ0v) is 11.2. The summed E-state index contributed by atoms with van der Waals surface area (Å²) in [6, 6.07) is 0.400. The van der Waals surface area contributed by atoms with Crippen molar-refractivity contribution in [1.82, 2.24) is 4.90 Å². The average Bonchev–Trinajstić information content (AvgIpc) is 2.24. The maximum Gasteiger partial charge on any atom is 0.317 e. The van der Waals surface area contributed by atoms with Crippen molar-refractivity contribution in [1.29, 1.82) is 0 Å². The van der Waals surface area contributed by atoms with Gasteiger partial charge in [0.15, 0.2) is 0 Å². The molecule has 1 N–H and O–H groups in total. The molecule has 0 heterocycles. The highest BCUT2D eigenvalue weighted by atomic mass is 16.5. The van der Waals surface area contributed by atoms with Crippen LogP contribution in [0.3, 0.4) is 0 Å². The maximum atomic E-state index is 10.9. The van der Waals surface area contributed by atoms with Crippen molar-refractivity contribution in [2.45, 2.75) is 39.2 Å². The zero-order chi connectivity index (χ0) is 12.8. The van der Waals surface area contributed by atoms with Crippen molar-refractivity contribution < 1.29 is 14.6 Å². The molecule has 1 fully saturated rings. The molecule has 1 rings (SSSR count). The monoisotopic (exact) mass is 243 g/mol. The third-order valence-corrected chi connectivity index (χ3v) is 3.78. The minimum absolute atomic E-state index is 0.132. The third-order valence-electron chi connectivity index (χ3n) is 3.78. The molecule has 0 bridgehead atoms. The molecular formula is C13H25NO3. The molecule has 0 aromatic heterocycles. The summed E-state index contributed by atoms with van der Waals surface area (Å²) >= 11 is 0. The van der Waals surface area contributed by atoms with E-state index in [2.05, 4.69) is 18.7 Å². The molecule has 1 aliphatic rings. The van der Waals surface area contributed by atoms with Crippen molar-refractivity contribution in [3.05, 3.63) is 0 Å². The van der Waals surface area contributed by atoms with E-state index in [1.807, 2.05) is 0 Å². The van der Waals surface area contributed by atoms with Gasteiger partial charge in [-0.15, -0.1) is 0 Å². The van der Waals surface area contributed by atoms with Gasteiger partial charge in [0, 0.05) is 19.7 Å². The lowest BCUT2D eigenvalue weighted by molar-refractivity contribution is -0.139. The van der Waals surface area contributed by atoms with Crippen molar-refractivity contribution in [2.75, 3.05) is 26.8 Å². The van der Waals surface area contributed by atoms with Gasteiger partial charge >= 0.3 is 5.97 Å². The Kier molecular flexibility index (Phi) is 5.92. The van der Waals surface area contributed by atoms with Gasteiger partial charge in [-0.1, -0.05) is 13.8 Å². The topological polar surface area (TPSA) is 49.8 Å². The van der Waals surface area contributed by atoms with E-state index >= 15 is 0 Å². The zero-order valence-electron chi connectivity index (χ0n) is 11.2. The molecule has 3 unspecified atom stereocenters. The number of carbonyl (C=O) groups is 1. The van der Waals surface area contributed by atoms with Gasteiger partial charge < -0.3 is 9.84 Å². The second-order valence-corrected chi connectivity index (χ2v) is 5.32.